The first-order valence-corrected chi connectivity index (χ1v) is 6.59. The van der Waals surface area contributed by atoms with Crippen molar-refractivity contribution in [1.82, 2.24) is 4.98 Å². The van der Waals surface area contributed by atoms with E-state index in [2.05, 4.69) is 34.8 Å². The Morgan fingerprint density at radius 2 is 2.12 bits per heavy atom. The van der Waals surface area contributed by atoms with E-state index in [0.717, 1.165) is 16.6 Å². The first-order chi connectivity index (χ1) is 7.99. The first kappa shape index (κ1) is 12.8. The second-order valence-corrected chi connectivity index (χ2v) is 5.71. The molecule has 0 fully saturated rings. The maximum Gasteiger partial charge on any atom is 0.134 e. The van der Waals surface area contributed by atoms with E-state index in [0.29, 0.717) is 21.8 Å². The molecule has 2 rings (SSSR count). The number of benzene rings is 1. The van der Waals surface area contributed by atoms with Crippen molar-refractivity contribution in [3.05, 3.63) is 39.2 Å². The molecule has 2 aromatic rings. The van der Waals surface area contributed by atoms with Crippen LogP contribution in [-0.2, 0) is 6.42 Å². The van der Waals surface area contributed by atoms with E-state index in [9.17, 15) is 4.39 Å². The van der Waals surface area contributed by atoms with E-state index >= 15 is 0 Å². The van der Waals surface area contributed by atoms with Crippen molar-refractivity contribution >= 4 is 38.4 Å². The molecule has 0 aliphatic rings. The largest absolute Gasteiger partial charge is 0.251 e. The van der Waals surface area contributed by atoms with Crippen molar-refractivity contribution in [3.63, 3.8) is 0 Å². The fourth-order valence-corrected chi connectivity index (χ4v) is 2.52. The minimum atomic E-state index is -0.336. The molecule has 17 heavy (non-hydrogen) atoms. The van der Waals surface area contributed by atoms with E-state index in [4.69, 9.17) is 11.6 Å². The smallest absolute Gasteiger partial charge is 0.134 e. The van der Waals surface area contributed by atoms with Crippen molar-refractivity contribution in [1.29, 1.82) is 0 Å². The number of nitrogens with zero attached hydrogens (tertiary/aromatic N) is 1. The molecule has 1 aromatic carbocycles. The molecular formula is C13H12BrClFN. The lowest BCUT2D eigenvalue weighted by Crippen LogP contribution is -1.99. The van der Waals surface area contributed by atoms with Crippen molar-refractivity contribution in [2.24, 2.45) is 5.92 Å². The highest BCUT2D eigenvalue weighted by Gasteiger charge is 2.12. The summed E-state index contributed by atoms with van der Waals surface area (Å²) in [4.78, 5) is 4.47. The average molecular weight is 317 g/mol. The molecule has 0 radical (unpaired) electrons. The van der Waals surface area contributed by atoms with Crippen LogP contribution in [-0.4, -0.2) is 4.98 Å². The third-order valence-electron chi connectivity index (χ3n) is 2.48. The fourth-order valence-electron chi connectivity index (χ4n) is 1.79. The lowest BCUT2D eigenvalue weighted by Gasteiger charge is -2.09. The highest BCUT2D eigenvalue weighted by atomic mass is 79.9. The number of hydrogen-bond acceptors (Lipinski definition) is 1. The van der Waals surface area contributed by atoms with Crippen molar-refractivity contribution in [2.45, 2.75) is 20.3 Å². The number of rotatable bonds is 2. The summed E-state index contributed by atoms with van der Waals surface area (Å²) >= 11 is 9.50. The maximum absolute atomic E-state index is 13.7. The van der Waals surface area contributed by atoms with E-state index < -0.39 is 0 Å². The van der Waals surface area contributed by atoms with Crippen LogP contribution in [0.15, 0.2) is 22.7 Å². The van der Waals surface area contributed by atoms with Crippen LogP contribution in [0.5, 0.6) is 0 Å². The van der Waals surface area contributed by atoms with Gasteiger partial charge in [0.1, 0.15) is 5.82 Å². The van der Waals surface area contributed by atoms with E-state index in [1.54, 1.807) is 12.1 Å². The minimum absolute atomic E-state index is 0.336. The Balaban J connectivity index is 2.68. The molecule has 0 amide bonds. The van der Waals surface area contributed by atoms with Gasteiger partial charge in [-0.15, -0.1) is 0 Å². The summed E-state index contributed by atoms with van der Waals surface area (Å²) < 4.78 is 14.4. The summed E-state index contributed by atoms with van der Waals surface area (Å²) in [7, 11) is 0. The standard InChI is InChI=1S/C13H12BrClFN/c1-7(2)5-8-6-10(15)12-11(16)4-3-9(14)13(12)17-8/h3-4,6-7H,5H2,1-2H3. The van der Waals surface area contributed by atoms with Crippen LogP contribution in [0.2, 0.25) is 5.02 Å². The van der Waals surface area contributed by atoms with Crippen LogP contribution < -0.4 is 0 Å². The lowest BCUT2D eigenvalue weighted by molar-refractivity contribution is 0.633. The number of halogens is 3. The Hall–Kier alpha value is -0.670. The van der Waals surface area contributed by atoms with Crippen molar-refractivity contribution < 1.29 is 4.39 Å². The minimum Gasteiger partial charge on any atom is -0.251 e. The average Bonchev–Trinajstić information content (AvgIpc) is 2.22. The van der Waals surface area contributed by atoms with Crippen LogP contribution in [0.4, 0.5) is 4.39 Å². The summed E-state index contributed by atoms with van der Waals surface area (Å²) in [5.41, 5.74) is 1.48. The van der Waals surface area contributed by atoms with Crippen molar-refractivity contribution in [2.75, 3.05) is 0 Å². The van der Waals surface area contributed by atoms with Gasteiger partial charge < -0.3 is 0 Å². The summed E-state index contributed by atoms with van der Waals surface area (Å²) in [6, 6.07) is 4.79. The molecule has 0 unspecified atom stereocenters. The third-order valence-corrected chi connectivity index (χ3v) is 3.42. The zero-order chi connectivity index (χ0) is 12.6. The summed E-state index contributed by atoms with van der Waals surface area (Å²) in [5, 5.41) is 0.804. The van der Waals surface area contributed by atoms with Gasteiger partial charge in [-0.1, -0.05) is 25.4 Å². The van der Waals surface area contributed by atoms with Gasteiger partial charge in [0, 0.05) is 10.2 Å². The van der Waals surface area contributed by atoms with Gasteiger partial charge in [0.25, 0.3) is 0 Å². The van der Waals surface area contributed by atoms with Gasteiger partial charge in [-0.25, -0.2) is 4.39 Å². The van der Waals surface area contributed by atoms with Gasteiger partial charge >= 0.3 is 0 Å². The van der Waals surface area contributed by atoms with Gasteiger partial charge in [0.15, 0.2) is 0 Å². The first-order valence-electron chi connectivity index (χ1n) is 5.42. The Morgan fingerprint density at radius 3 is 2.76 bits per heavy atom. The maximum atomic E-state index is 13.7. The van der Waals surface area contributed by atoms with Gasteiger partial charge in [0.2, 0.25) is 0 Å². The molecule has 0 saturated heterocycles. The number of fused-ring (bicyclic) bond motifs is 1. The predicted molar refractivity (Wildman–Crippen MR) is 73.0 cm³/mol. The molecule has 0 atom stereocenters. The molecule has 0 N–H and O–H groups in total. The van der Waals surface area contributed by atoms with Gasteiger partial charge in [-0.3, -0.25) is 4.98 Å². The van der Waals surface area contributed by atoms with Crippen molar-refractivity contribution in [3.8, 4) is 0 Å². The molecule has 4 heteroatoms. The predicted octanol–water partition coefficient (Wildman–Crippen LogP) is 4.99. The van der Waals surface area contributed by atoms with Crippen LogP contribution in [0.1, 0.15) is 19.5 Å². The highest BCUT2D eigenvalue weighted by molar-refractivity contribution is 9.10. The van der Waals surface area contributed by atoms with Gasteiger partial charge in [-0.05, 0) is 46.5 Å². The number of aromatic nitrogens is 1. The van der Waals surface area contributed by atoms with E-state index in [-0.39, 0.29) is 5.82 Å². The van der Waals surface area contributed by atoms with E-state index in [1.807, 2.05) is 0 Å². The molecule has 1 heterocycles. The number of pyridine rings is 1. The Labute approximate surface area is 113 Å². The van der Waals surface area contributed by atoms with Gasteiger partial charge in [-0.2, -0.15) is 0 Å². The lowest BCUT2D eigenvalue weighted by atomic mass is 10.1. The summed E-state index contributed by atoms with van der Waals surface area (Å²) in [6.07, 6.45) is 0.832. The molecule has 0 aliphatic heterocycles. The zero-order valence-electron chi connectivity index (χ0n) is 9.60. The third kappa shape index (κ3) is 2.61. The molecular weight excluding hydrogens is 305 g/mol. The van der Waals surface area contributed by atoms with Crippen LogP contribution >= 0.6 is 27.5 Å². The molecule has 1 aromatic heterocycles. The molecule has 0 saturated carbocycles. The number of hydrogen-bond donors (Lipinski definition) is 0. The monoisotopic (exact) mass is 315 g/mol. The molecule has 0 bridgehead atoms. The quantitative estimate of drug-likeness (QED) is 0.760. The fraction of sp³-hybridized carbons (Fsp3) is 0.308. The Morgan fingerprint density at radius 1 is 1.41 bits per heavy atom. The summed E-state index contributed by atoms with van der Waals surface area (Å²) in [6.45, 7) is 4.22. The topological polar surface area (TPSA) is 12.9 Å². The SMILES string of the molecule is CC(C)Cc1cc(Cl)c2c(F)ccc(Br)c2n1. The zero-order valence-corrected chi connectivity index (χ0v) is 11.9. The summed E-state index contributed by atoms with van der Waals surface area (Å²) in [5.74, 6) is 0.153. The Kier molecular flexibility index (Phi) is 3.69. The van der Waals surface area contributed by atoms with Gasteiger partial charge in [0.05, 0.1) is 15.9 Å². The Bertz CT molecular complexity index is 569. The highest BCUT2D eigenvalue weighted by Crippen LogP contribution is 2.31. The molecule has 0 spiro atoms. The van der Waals surface area contributed by atoms with Crippen LogP contribution in [0.25, 0.3) is 10.9 Å². The van der Waals surface area contributed by atoms with E-state index in [1.165, 1.54) is 6.07 Å². The second-order valence-electron chi connectivity index (χ2n) is 4.45. The molecule has 90 valence electrons. The van der Waals surface area contributed by atoms with Crippen LogP contribution in [0.3, 0.4) is 0 Å². The van der Waals surface area contributed by atoms with Crippen LogP contribution in [0, 0.1) is 11.7 Å². The molecule has 1 nitrogen and oxygen atoms in total. The molecule has 0 aliphatic carbocycles. The second kappa shape index (κ2) is 4.91. The normalized spacial score (nSPS) is 11.4.